The van der Waals surface area contributed by atoms with E-state index in [2.05, 4.69) is 5.32 Å². The summed E-state index contributed by atoms with van der Waals surface area (Å²) in [7, 11) is 0. The number of carbonyl (C=O) groups excluding carboxylic acids is 1. The van der Waals surface area contributed by atoms with Crippen LogP contribution >= 0.6 is 0 Å². The number of hydrogen-bond acceptors (Lipinski definition) is 3. The molecule has 2 fully saturated rings. The maximum absolute atomic E-state index is 11.6. The van der Waals surface area contributed by atoms with Crippen molar-refractivity contribution in [1.82, 2.24) is 5.32 Å². The summed E-state index contributed by atoms with van der Waals surface area (Å²) in [6.07, 6.45) is 3.66. The lowest BCUT2D eigenvalue weighted by atomic mass is 10.2. The van der Waals surface area contributed by atoms with Crippen LogP contribution in [0.3, 0.4) is 0 Å². The number of rotatable bonds is 3. The first kappa shape index (κ1) is 8.97. The summed E-state index contributed by atoms with van der Waals surface area (Å²) >= 11 is 0. The summed E-state index contributed by atoms with van der Waals surface area (Å²) in [5.74, 6) is 0.0282. The first-order chi connectivity index (χ1) is 6.26. The number of amides is 1. The van der Waals surface area contributed by atoms with Crippen LogP contribution in [0.4, 0.5) is 0 Å². The molecule has 0 aromatic rings. The van der Waals surface area contributed by atoms with Crippen molar-refractivity contribution in [3.05, 3.63) is 0 Å². The van der Waals surface area contributed by atoms with Crippen LogP contribution in [-0.2, 0) is 9.53 Å². The first-order valence-corrected chi connectivity index (χ1v) is 4.89. The normalized spacial score (nSPS) is 30.1. The van der Waals surface area contributed by atoms with E-state index in [1.807, 2.05) is 0 Å². The van der Waals surface area contributed by atoms with Crippen LogP contribution in [-0.4, -0.2) is 30.7 Å². The van der Waals surface area contributed by atoms with Gasteiger partial charge in [-0.3, -0.25) is 4.79 Å². The van der Waals surface area contributed by atoms with Crippen molar-refractivity contribution in [2.45, 2.75) is 37.3 Å². The SMILES string of the molecule is NCC1(NC(=O)C2CCCO2)CC1. The van der Waals surface area contributed by atoms with E-state index in [4.69, 9.17) is 10.5 Å². The fourth-order valence-corrected chi connectivity index (χ4v) is 1.66. The summed E-state index contributed by atoms with van der Waals surface area (Å²) < 4.78 is 5.28. The van der Waals surface area contributed by atoms with Crippen LogP contribution in [0.5, 0.6) is 0 Å². The minimum atomic E-state index is -0.218. The van der Waals surface area contributed by atoms with Gasteiger partial charge in [-0.1, -0.05) is 0 Å². The molecule has 0 aromatic carbocycles. The van der Waals surface area contributed by atoms with E-state index in [0.29, 0.717) is 13.2 Å². The predicted octanol–water partition coefficient (Wildman–Crippen LogP) is -0.227. The second-order valence-corrected chi connectivity index (χ2v) is 3.98. The van der Waals surface area contributed by atoms with Crippen LogP contribution < -0.4 is 11.1 Å². The van der Waals surface area contributed by atoms with Crippen molar-refractivity contribution in [2.24, 2.45) is 5.73 Å². The Hall–Kier alpha value is -0.610. The van der Waals surface area contributed by atoms with E-state index in [-0.39, 0.29) is 17.6 Å². The second-order valence-electron chi connectivity index (χ2n) is 3.98. The Balaban J connectivity index is 1.84. The molecule has 0 bridgehead atoms. The Morgan fingerprint density at radius 1 is 1.62 bits per heavy atom. The van der Waals surface area contributed by atoms with Crippen molar-refractivity contribution in [2.75, 3.05) is 13.2 Å². The van der Waals surface area contributed by atoms with Gasteiger partial charge in [-0.05, 0) is 25.7 Å². The molecular weight excluding hydrogens is 168 g/mol. The largest absolute Gasteiger partial charge is 0.368 e. The third kappa shape index (κ3) is 1.84. The minimum Gasteiger partial charge on any atom is -0.368 e. The monoisotopic (exact) mass is 184 g/mol. The molecule has 2 aliphatic rings. The van der Waals surface area contributed by atoms with Gasteiger partial charge in [0.15, 0.2) is 0 Å². The van der Waals surface area contributed by atoms with E-state index in [1.165, 1.54) is 0 Å². The van der Waals surface area contributed by atoms with E-state index in [0.717, 1.165) is 25.7 Å². The Morgan fingerprint density at radius 3 is 2.85 bits per heavy atom. The van der Waals surface area contributed by atoms with Crippen molar-refractivity contribution < 1.29 is 9.53 Å². The Bertz CT molecular complexity index is 208. The summed E-state index contributed by atoms with van der Waals surface area (Å²) in [5, 5.41) is 2.97. The van der Waals surface area contributed by atoms with Crippen molar-refractivity contribution >= 4 is 5.91 Å². The lowest BCUT2D eigenvalue weighted by Gasteiger charge is -2.17. The molecule has 1 atom stereocenters. The van der Waals surface area contributed by atoms with Gasteiger partial charge in [0.2, 0.25) is 5.91 Å². The zero-order valence-corrected chi connectivity index (χ0v) is 7.71. The highest BCUT2D eigenvalue weighted by Crippen LogP contribution is 2.34. The van der Waals surface area contributed by atoms with Crippen molar-refractivity contribution in [1.29, 1.82) is 0 Å². The zero-order valence-electron chi connectivity index (χ0n) is 7.71. The summed E-state index contributed by atoms with van der Waals surface area (Å²) in [6.45, 7) is 1.26. The molecule has 1 unspecified atom stereocenters. The highest BCUT2D eigenvalue weighted by atomic mass is 16.5. The van der Waals surface area contributed by atoms with Gasteiger partial charge in [0.25, 0.3) is 0 Å². The number of nitrogens with two attached hydrogens (primary N) is 1. The summed E-state index contributed by atoms with van der Waals surface area (Å²) in [6, 6.07) is 0. The van der Waals surface area contributed by atoms with Gasteiger partial charge in [0, 0.05) is 13.2 Å². The third-order valence-corrected chi connectivity index (χ3v) is 2.85. The molecule has 1 heterocycles. The number of carbonyl (C=O) groups is 1. The second kappa shape index (κ2) is 3.27. The average Bonchev–Trinajstić information content (AvgIpc) is 2.69. The van der Waals surface area contributed by atoms with Gasteiger partial charge in [-0.2, -0.15) is 0 Å². The molecule has 74 valence electrons. The first-order valence-electron chi connectivity index (χ1n) is 4.89. The van der Waals surface area contributed by atoms with Crippen molar-refractivity contribution in [3.8, 4) is 0 Å². The molecule has 2 rings (SSSR count). The van der Waals surface area contributed by atoms with Crippen LogP contribution in [0.25, 0.3) is 0 Å². The van der Waals surface area contributed by atoms with E-state index < -0.39 is 0 Å². The molecule has 3 N–H and O–H groups in total. The molecule has 4 nitrogen and oxygen atoms in total. The van der Waals surface area contributed by atoms with Gasteiger partial charge >= 0.3 is 0 Å². The lowest BCUT2D eigenvalue weighted by Crippen LogP contribution is -2.46. The fraction of sp³-hybridized carbons (Fsp3) is 0.889. The van der Waals surface area contributed by atoms with E-state index >= 15 is 0 Å². The zero-order chi connectivity index (χ0) is 9.31. The van der Waals surface area contributed by atoms with Gasteiger partial charge in [-0.25, -0.2) is 0 Å². The summed E-state index contributed by atoms with van der Waals surface area (Å²) in [5.41, 5.74) is 5.48. The highest BCUT2D eigenvalue weighted by molar-refractivity contribution is 5.82. The number of hydrogen-bond donors (Lipinski definition) is 2. The topological polar surface area (TPSA) is 64.3 Å². The smallest absolute Gasteiger partial charge is 0.249 e. The molecule has 1 amide bonds. The predicted molar refractivity (Wildman–Crippen MR) is 48.1 cm³/mol. The van der Waals surface area contributed by atoms with Crippen LogP contribution in [0.1, 0.15) is 25.7 Å². The fourth-order valence-electron chi connectivity index (χ4n) is 1.66. The minimum absolute atomic E-state index is 0.0282. The average molecular weight is 184 g/mol. The Morgan fingerprint density at radius 2 is 2.38 bits per heavy atom. The molecule has 1 aliphatic carbocycles. The van der Waals surface area contributed by atoms with E-state index in [9.17, 15) is 4.79 Å². The molecule has 13 heavy (non-hydrogen) atoms. The van der Waals surface area contributed by atoms with Crippen LogP contribution in [0.15, 0.2) is 0 Å². The van der Waals surface area contributed by atoms with Crippen LogP contribution in [0, 0.1) is 0 Å². The molecule has 1 aliphatic heterocycles. The molecule has 4 heteroatoms. The highest BCUT2D eigenvalue weighted by Gasteiger charge is 2.44. The van der Waals surface area contributed by atoms with Crippen molar-refractivity contribution in [3.63, 3.8) is 0 Å². The van der Waals surface area contributed by atoms with Crippen LogP contribution in [0.2, 0.25) is 0 Å². The van der Waals surface area contributed by atoms with Gasteiger partial charge in [0.1, 0.15) is 6.10 Å². The lowest BCUT2D eigenvalue weighted by molar-refractivity contribution is -0.131. The number of ether oxygens (including phenoxy) is 1. The maximum atomic E-state index is 11.6. The van der Waals surface area contributed by atoms with Gasteiger partial charge in [-0.15, -0.1) is 0 Å². The van der Waals surface area contributed by atoms with Gasteiger partial charge < -0.3 is 15.8 Å². The quantitative estimate of drug-likeness (QED) is 0.637. The van der Waals surface area contributed by atoms with E-state index in [1.54, 1.807) is 0 Å². The third-order valence-electron chi connectivity index (χ3n) is 2.85. The maximum Gasteiger partial charge on any atom is 0.249 e. The standard InChI is InChI=1S/C9H16N2O2/c10-6-9(3-4-9)11-8(12)7-2-1-5-13-7/h7H,1-6,10H2,(H,11,12). The molecule has 0 radical (unpaired) electrons. The van der Waals surface area contributed by atoms with Gasteiger partial charge in [0.05, 0.1) is 5.54 Å². The summed E-state index contributed by atoms with van der Waals surface area (Å²) in [4.78, 5) is 11.6. The Kier molecular flexibility index (Phi) is 2.26. The molecule has 0 spiro atoms. The molecular formula is C9H16N2O2. The molecule has 0 aromatic heterocycles. The molecule has 1 saturated heterocycles. The Labute approximate surface area is 77.8 Å². The molecule has 1 saturated carbocycles. The number of nitrogens with one attached hydrogen (secondary N) is 1.